The van der Waals surface area contributed by atoms with Gasteiger partial charge >= 0.3 is 134 Å². The maximum absolute atomic E-state index is 14.4. The molecule has 1 aliphatic carbocycles. The van der Waals surface area contributed by atoms with E-state index in [2.05, 4.69) is 0 Å². The van der Waals surface area contributed by atoms with Crippen LogP contribution in [0.25, 0.3) is 0 Å². The standard InChI is InChI=1S/C5H5.3C3H7O.F3Si.Zr/c1-2-4-5-3-1;3*1-2-3-4;1-4(2)3;/h1-3H,4H2;3*2-3H2,1H3;;/q;3*-1;;+3. The Bertz CT molecular complexity index is 400. The summed E-state index contributed by atoms with van der Waals surface area (Å²) < 4.78 is 60.4. The summed E-state index contributed by atoms with van der Waals surface area (Å²) in [7, 11) is 0. The van der Waals surface area contributed by atoms with E-state index >= 15 is 0 Å². The molecule has 1 aliphatic rings. The summed E-state index contributed by atoms with van der Waals surface area (Å²) in [5.41, 5.74) is 0. The zero-order chi connectivity index (χ0) is 16.7. The minimum atomic E-state index is -6.37. The van der Waals surface area contributed by atoms with Gasteiger partial charge in [-0.2, -0.15) is 0 Å². The zero-order valence-electron chi connectivity index (χ0n) is 13.5. The molecule has 0 aromatic rings. The van der Waals surface area contributed by atoms with Gasteiger partial charge in [0, 0.05) is 0 Å². The first-order valence-corrected chi connectivity index (χ1v) is 17.4. The molecule has 0 N–H and O–H groups in total. The van der Waals surface area contributed by atoms with Gasteiger partial charge in [0.05, 0.1) is 0 Å². The van der Waals surface area contributed by atoms with Gasteiger partial charge in [0.15, 0.2) is 0 Å². The summed E-state index contributed by atoms with van der Waals surface area (Å²) in [6, 6.07) is 0. The van der Waals surface area contributed by atoms with Crippen LogP contribution in [0.5, 0.6) is 0 Å². The van der Waals surface area contributed by atoms with Gasteiger partial charge in [-0.05, 0) is 0 Å². The molecule has 1 rings (SSSR count). The van der Waals surface area contributed by atoms with E-state index < -0.39 is 25.5 Å². The number of rotatable bonds is 11. The van der Waals surface area contributed by atoms with Crippen molar-refractivity contribution in [1.82, 2.24) is 0 Å². The first-order chi connectivity index (χ1) is 10.4. The molecule has 129 valence electrons. The predicted molar refractivity (Wildman–Crippen MR) is 79.6 cm³/mol. The molecule has 0 unspecified atom stereocenters. The second-order valence-electron chi connectivity index (χ2n) is 5.35. The van der Waals surface area contributed by atoms with Gasteiger partial charge in [-0.1, -0.05) is 0 Å². The Morgan fingerprint density at radius 3 is 1.68 bits per heavy atom. The molecular weight excluding hydrogens is 392 g/mol. The molecule has 0 bridgehead atoms. The molecular formula is C14H26F3O3SiZr. The Morgan fingerprint density at radius 1 is 0.955 bits per heavy atom. The number of hydrogen-bond acceptors (Lipinski definition) is 3. The normalized spacial score (nSPS) is 17.4. The second kappa shape index (κ2) is 8.38. The second-order valence-corrected chi connectivity index (χ2v) is 24.2. The van der Waals surface area contributed by atoms with Gasteiger partial charge < -0.3 is 0 Å². The van der Waals surface area contributed by atoms with Crippen molar-refractivity contribution in [2.45, 2.75) is 46.5 Å². The molecule has 0 fully saturated rings. The Labute approximate surface area is 134 Å². The molecule has 3 nitrogen and oxygen atoms in total. The van der Waals surface area contributed by atoms with Gasteiger partial charge in [-0.25, -0.2) is 0 Å². The third-order valence-electron chi connectivity index (χ3n) is 3.52. The molecule has 0 amide bonds. The summed E-state index contributed by atoms with van der Waals surface area (Å²) in [6.07, 6.45) is 0.247. The van der Waals surface area contributed by atoms with Crippen LogP contribution in [0.4, 0.5) is 12.3 Å². The quantitative estimate of drug-likeness (QED) is 0.353. The van der Waals surface area contributed by atoms with Crippen LogP contribution in [0, 0.1) is 0 Å². The van der Waals surface area contributed by atoms with E-state index in [0.29, 0.717) is 19.3 Å². The van der Waals surface area contributed by atoms with Crippen molar-refractivity contribution < 1.29 is 40.0 Å². The average molecular weight is 419 g/mol. The predicted octanol–water partition coefficient (Wildman–Crippen LogP) is 4.89. The fourth-order valence-corrected chi connectivity index (χ4v) is 20.8. The van der Waals surface area contributed by atoms with Gasteiger partial charge in [-0.3, -0.25) is 0 Å². The van der Waals surface area contributed by atoms with Crippen LogP contribution in [-0.4, -0.2) is 26.0 Å². The van der Waals surface area contributed by atoms with Crippen molar-refractivity contribution in [3.63, 3.8) is 0 Å². The van der Waals surface area contributed by atoms with Crippen LogP contribution < -0.4 is 0 Å². The molecule has 0 heterocycles. The van der Waals surface area contributed by atoms with E-state index in [9.17, 15) is 12.3 Å². The van der Waals surface area contributed by atoms with Crippen molar-refractivity contribution >= 4 is 6.20 Å². The first kappa shape index (κ1) is 20.3. The number of hydrogen-bond donors (Lipinski definition) is 0. The van der Waals surface area contributed by atoms with E-state index in [-0.39, 0.29) is 29.5 Å². The van der Waals surface area contributed by atoms with Crippen LogP contribution in [-0.2, 0) is 27.7 Å². The summed E-state index contributed by atoms with van der Waals surface area (Å²) in [5, 5.41) is 0. The summed E-state index contributed by atoms with van der Waals surface area (Å²) in [4.78, 5) is 0. The molecule has 0 saturated carbocycles. The molecule has 0 saturated heterocycles. The molecule has 22 heavy (non-hydrogen) atoms. The molecule has 0 spiro atoms. The van der Waals surface area contributed by atoms with E-state index in [4.69, 9.17) is 8.44 Å². The van der Waals surface area contributed by atoms with Gasteiger partial charge in [0.25, 0.3) is 0 Å². The minimum absolute atomic E-state index is 0.0164. The number of allylic oxidation sites excluding steroid dienone is 4. The summed E-state index contributed by atoms with van der Waals surface area (Å²) in [6.45, 7) is 5.43. The van der Waals surface area contributed by atoms with Gasteiger partial charge in [0.2, 0.25) is 0 Å². The van der Waals surface area contributed by atoms with Gasteiger partial charge in [-0.15, -0.1) is 0 Å². The molecule has 8 heteroatoms. The monoisotopic (exact) mass is 417 g/mol. The third kappa shape index (κ3) is 3.66. The fraction of sp³-hybridized carbons (Fsp3) is 0.714. The van der Waals surface area contributed by atoms with Crippen molar-refractivity contribution in [1.29, 1.82) is 0 Å². The van der Waals surface area contributed by atoms with Gasteiger partial charge in [0.1, 0.15) is 0 Å². The average Bonchev–Trinajstić information content (AvgIpc) is 3.01. The molecule has 0 aliphatic heterocycles. The Balaban J connectivity index is 3.42. The fourth-order valence-electron chi connectivity index (χ4n) is 2.46. The van der Waals surface area contributed by atoms with E-state index in [1.807, 2.05) is 0 Å². The molecule has 0 aromatic carbocycles. The maximum atomic E-state index is 14.4. The van der Waals surface area contributed by atoms with Crippen LogP contribution in [0.2, 0.25) is 0 Å². The summed E-state index contributed by atoms with van der Waals surface area (Å²) in [5.74, 6) is 0. The topological polar surface area (TPSA) is 27.7 Å². The molecule has 0 aromatic heterocycles. The van der Waals surface area contributed by atoms with Crippen LogP contribution in [0.1, 0.15) is 46.5 Å². The molecule has 0 radical (unpaired) electrons. The van der Waals surface area contributed by atoms with E-state index in [1.165, 1.54) is 6.08 Å². The van der Waals surface area contributed by atoms with E-state index in [1.54, 1.807) is 32.9 Å². The Hall–Kier alpha value is 0.250. The van der Waals surface area contributed by atoms with Crippen molar-refractivity contribution in [3.05, 3.63) is 21.5 Å². The SMILES string of the molecule is CCC[O][Zr]([O]CCC)([O]CCC)([C]1=CC=CC1)[Si](F)(F)F. The van der Waals surface area contributed by atoms with Crippen molar-refractivity contribution in [2.24, 2.45) is 0 Å². The molecule has 0 atom stereocenters. The van der Waals surface area contributed by atoms with Crippen LogP contribution in [0.15, 0.2) is 21.5 Å². The Kier molecular flexibility index (Phi) is 7.73. The van der Waals surface area contributed by atoms with Crippen LogP contribution in [0.3, 0.4) is 0 Å². The van der Waals surface area contributed by atoms with Crippen LogP contribution >= 0.6 is 0 Å². The first-order valence-electron chi connectivity index (χ1n) is 7.88. The van der Waals surface area contributed by atoms with Crippen molar-refractivity contribution in [2.75, 3.05) is 19.8 Å². The van der Waals surface area contributed by atoms with E-state index in [0.717, 1.165) is 0 Å². The zero-order valence-corrected chi connectivity index (χ0v) is 17.0. The van der Waals surface area contributed by atoms with Crippen molar-refractivity contribution in [3.8, 4) is 0 Å². The Morgan fingerprint density at radius 2 is 1.41 bits per heavy atom. The number of halogens is 3. The third-order valence-corrected chi connectivity index (χ3v) is 25.2. The summed E-state index contributed by atoms with van der Waals surface area (Å²) >= 11 is -6.37.